The molecule has 3 aromatic rings. The summed E-state index contributed by atoms with van der Waals surface area (Å²) in [7, 11) is 3.13. The average molecular weight is 429 g/mol. The smallest absolute Gasteiger partial charge is 0.276 e. The van der Waals surface area contributed by atoms with Crippen LogP contribution in [0.5, 0.6) is 17.2 Å². The Balaban J connectivity index is 1.95. The number of hydrogen-bond donors (Lipinski definition) is 1. The van der Waals surface area contributed by atoms with Gasteiger partial charge in [-0.3, -0.25) is 4.79 Å². The lowest BCUT2D eigenvalue weighted by Crippen LogP contribution is -2.18. The van der Waals surface area contributed by atoms with E-state index in [-0.39, 0.29) is 5.91 Å². The molecule has 1 heterocycles. The molecule has 0 aliphatic rings. The zero-order chi connectivity index (χ0) is 21.5. The van der Waals surface area contributed by atoms with Gasteiger partial charge in [0.1, 0.15) is 11.4 Å². The second kappa shape index (κ2) is 10.0. The lowest BCUT2D eigenvalue weighted by molar-refractivity contribution is 0.101. The maximum Gasteiger partial charge on any atom is 0.276 e. The lowest BCUT2D eigenvalue weighted by Gasteiger charge is -2.11. The molecule has 0 unspecified atom stereocenters. The van der Waals surface area contributed by atoms with Crippen LogP contribution in [0.2, 0.25) is 0 Å². The van der Waals surface area contributed by atoms with Crippen LogP contribution in [0.4, 0.5) is 5.69 Å². The van der Waals surface area contributed by atoms with Crippen molar-refractivity contribution in [2.24, 2.45) is 0 Å². The molecule has 0 saturated carbocycles. The van der Waals surface area contributed by atoms with E-state index in [9.17, 15) is 4.79 Å². The Morgan fingerprint density at radius 3 is 2.47 bits per heavy atom. The number of thioether (sulfide) groups is 1. The Hall–Kier alpha value is -3.20. The molecule has 1 amide bonds. The predicted octanol–water partition coefficient (Wildman–Crippen LogP) is 3.93. The van der Waals surface area contributed by atoms with E-state index in [0.717, 1.165) is 5.75 Å². The number of ether oxygens (including phenoxy) is 3. The number of amides is 1. The molecule has 0 aliphatic carbocycles. The topological polar surface area (TPSA) is 87.5 Å². The minimum Gasteiger partial charge on any atom is -0.494 e. The summed E-state index contributed by atoms with van der Waals surface area (Å²) in [4.78, 5) is 13.1. The summed E-state index contributed by atoms with van der Waals surface area (Å²) in [5.41, 5.74) is 2.19. The van der Waals surface area contributed by atoms with Crippen molar-refractivity contribution in [1.82, 2.24) is 15.0 Å². The summed E-state index contributed by atoms with van der Waals surface area (Å²) < 4.78 is 17.7. The number of hydrogen-bond acceptors (Lipinski definition) is 7. The van der Waals surface area contributed by atoms with Crippen molar-refractivity contribution in [3.8, 4) is 28.5 Å². The summed E-state index contributed by atoms with van der Waals surface area (Å²) in [6.45, 7) is 2.51. The molecule has 8 nitrogen and oxygen atoms in total. The number of carbonyl (C=O) groups is 1. The SMILES string of the molecule is CCOc1ccc(NC(=O)c2c(-c3ccc(OC)c(OC)c3)nnn2CSC)cc1. The fourth-order valence-corrected chi connectivity index (χ4v) is 3.35. The Kier molecular flexibility index (Phi) is 7.18. The first kappa shape index (κ1) is 21.5. The van der Waals surface area contributed by atoms with Gasteiger partial charge in [0.2, 0.25) is 0 Å². The normalized spacial score (nSPS) is 10.5. The molecule has 0 atom stereocenters. The van der Waals surface area contributed by atoms with Crippen molar-refractivity contribution in [2.75, 3.05) is 32.4 Å². The summed E-state index contributed by atoms with van der Waals surface area (Å²) in [5, 5.41) is 11.3. The maximum atomic E-state index is 13.1. The Morgan fingerprint density at radius 2 is 1.83 bits per heavy atom. The van der Waals surface area contributed by atoms with Gasteiger partial charge in [-0.1, -0.05) is 5.21 Å². The molecule has 0 spiro atoms. The summed E-state index contributed by atoms with van der Waals surface area (Å²) in [6, 6.07) is 12.6. The largest absolute Gasteiger partial charge is 0.494 e. The summed E-state index contributed by atoms with van der Waals surface area (Å²) in [6.07, 6.45) is 1.94. The van der Waals surface area contributed by atoms with E-state index < -0.39 is 0 Å². The van der Waals surface area contributed by atoms with Crippen LogP contribution in [0.25, 0.3) is 11.3 Å². The van der Waals surface area contributed by atoms with Crippen LogP contribution < -0.4 is 19.5 Å². The highest BCUT2D eigenvalue weighted by atomic mass is 32.2. The molecular formula is C21H24N4O4S. The number of aromatic nitrogens is 3. The fraction of sp³-hybridized carbons (Fsp3) is 0.286. The van der Waals surface area contributed by atoms with Crippen LogP contribution in [-0.2, 0) is 5.88 Å². The monoisotopic (exact) mass is 428 g/mol. The van der Waals surface area contributed by atoms with Crippen molar-refractivity contribution < 1.29 is 19.0 Å². The van der Waals surface area contributed by atoms with Crippen molar-refractivity contribution in [2.45, 2.75) is 12.8 Å². The van der Waals surface area contributed by atoms with Gasteiger partial charge >= 0.3 is 0 Å². The van der Waals surface area contributed by atoms with Crippen LogP contribution in [0, 0.1) is 0 Å². The zero-order valence-corrected chi connectivity index (χ0v) is 18.2. The van der Waals surface area contributed by atoms with Gasteiger partial charge in [-0.05, 0) is 55.6 Å². The van der Waals surface area contributed by atoms with E-state index in [2.05, 4.69) is 15.6 Å². The highest BCUT2D eigenvalue weighted by Gasteiger charge is 2.23. The number of nitrogens with zero attached hydrogens (tertiary/aromatic N) is 3. The molecule has 3 rings (SSSR count). The lowest BCUT2D eigenvalue weighted by atomic mass is 10.1. The number of anilines is 1. The van der Waals surface area contributed by atoms with Gasteiger partial charge in [0.05, 0.1) is 26.7 Å². The molecular weight excluding hydrogens is 404 g/mol. The molecule has 9 heteroatoms. The third-order valence-electron chi connectivity index (χ3n) is 4.28. The van der Waals surface area contributed by atoms with Gasteiger partial charge in [0.15, 0.2) is 17.2 Å². The molecule has 2 aromatic carbocycles. The van der Waals surface area contributed by atoms with Gasteiger partial charge < -0.3 is 19.5 Å². The number of benzene rings is 2. The van der Waals surface area contributed by atoms with Crippen molar-refractivity contribution in [3.05, 3.63) is 48.2 Å². The van der Waals surface area contributed by atoms with E-state index in [1.807, 2.05) is 31.4 Å². The van der Waals surface area contributed by atoms with Crippen molar-refractivity contribution in [3.63, 3.8) is 0 Å². The van der Waals surface area contributed by atoms with Gasteiger partial charge in [-0.2, -0.15) is 0 Å². The van der Waals surface area contributed by atoms with Crippen molar-refractivity contribution >= 4 is 23.4 Å². The first-order chi connectivity index (χ1) is 14.6. The standard InChI is InChI=1S/C21H24N4O4S/c1-5-29-16-9-7-15(8-10-16)22-21(26)20-19(23-24-25(20)13-30-4)14-6-11-17(27-2)18(12-14)28-3/h6-12H,5,13H2,1-4H3,(H,22,26). The highest BCUT2D eigenvalue weighted by Crippen LogP contribution is 2.33. The van der Waals surface area contributed by atoms with E-state index in [4.69, 9.17) is 14.2 Å². The minimum atomic E-state index is -0.303. The third-order valence-corrected chi connectivity index (χ3v) is 4.78. The molecule has 0 saturated heterocycles. The number of methoxy groups -OCH3 is 2. The summed E-state index contributed by atoms with van der Waals surface area (Å²) in [5.74, 6) is 2.08. The van der Waals surface area contributed by atoms with E-state index in [1.165, 1.54) is 0 Å². The molecule has 0 fully saturated rings. The molecule has 0 aliphatic heterocycles. The number of nitrogens with one attached hydrogen (secondary N) is 1. The van der Waals surface area contributed by atoms with E-state index >= 15 is 0 Å². The van der Waals surface area contributed by atoms with Gasteiger partial charge in [-0.15, -0.1) is 16.9 Å². The van der Waals surface area contributed by atoms with Gasteiger partial charge in [-0.25, -0.2) is 4.68 Å². The third kappa shape index (κ3) is 4.68. The molecule has 1 N–H and O–H groups in total. The Morgan fingerprint density at radius 1 is 1.10 bits per heavy atom. The van der Waals surface area contributed by atoms with Gasteiger partial charge in [0, 0.05) is 11.3 Å². The van der Waals surface area contributed by atoms with Crippen LogP contribution in [-0.4, -0.2) is 48.0 Å². The predicted molar refractivity (Wildman–Crippen MR) is 118 cm³/mol. The first-order valence-corrected chi connectivity index (χ1v) is 10.7. The maximum absolute atomic E-state index is 13.1. The first-order valence-electron chi connectivity index (χ1n) is 9.30. The second-order valence-electron chi connectivity index (χ2n) is 6.19. The molecule has 1 aromatic heterocycles. The molecule has 0 radical (unpaired) electrons. The quantitative estimate of drug-likeness (QED) is 0.552. The fourth-order valence-electron chi connectivity index (χ4n) is 2.92. The van der Waals surface area contributed by atoms with Crippen LogP contribution in [0.3, 0.4) is 0 Å². The minimum absolute atomic E-state index is 0.303. The number of rotatable bonds is 9. The average Bonchev–Trinajstić information content (AvgIpc) is 3.19. The van der Waals surface area contributed by atoms with Crippen molar-refractivity contribution in [1.29, 1.82) is 0 Å². The van der Waals surface area contributed by atoms with Gasteiger partial charge in [0.25, 0.3) is 5.91 Å². The molecule has 30 heavy (non-hydrogen) atoms. The summed E-state index contributed by atoms with van der Waals surface area (Å²) >= 11 is 1.54. The van der Waals surface area contributed by atoms with Crippen LogP contribution in [0.15, 0.2) is 42.5 Å². The zero-order valence-electron chi connectivity index (χ0n) is 17.3. The molecule has 158 valence electrons. The van der Waals surface area contributed by atoms with E-state index in [1.54, 1.807) is 54.9 Å². The van der Waals surface area contributed by atoms with Crippen LogP contribution in [0.1, 0.15) is 17.4 Å². The van der Waals surface area contributed by atoms with Crippen LogP contribution >= 0.6 is 11.8 Å². The highest BCUT2D eigenvalue weighted by molar-refractivity contribution is 7.97. The molecule has 0 bridgehead atoms. The Labute approximate surface area is 179 Å². The van der Waals surface area contributed by atoms with E-state index in [0.29, 0.717) is 46.6 Å². The Bertz CT molecular complexity index is 1000. The second-order valence-corrected chi connectivity index (χ2v) is 7.02. The number of carbonyl (C=O) groups excluding carboxylic acids is 1.